The standard InChI is InChI=1S/C18H24ClN7O2/c19-13-5-21-17(22-6-13)26-3-1-12(16(27)10-26)11-28-15-7-23-18(24-8-15)25-4-2-14(20)9-25/h5-8,12,14,16,27H,1-4,9-11,20H2. The normalized spacial score (nSPS) is 25.2. The molecule has 28 heavy (non-hydrogen) atoms. The molecule has 4 rings (SSSR count). The van der Waals surface area contributed by atoms with E-state index in [0.717, 1.165) is 32.5 Å². The van der Waals surface area contributed by atoms with Crippen LogP contribution in [-0.2, 0) is 0 Å². The maximum absolute atomic E-state index is 10.5. The minimum atomic E-state index is -0.528. The van der Waals surface area contributed by atoms with Gasteiger partial charge in [-0.25, -0.2) is 19.9 Å². The maximum Gasteiger partial charge on any atom is 0.225 e. The third kappa shape index (κ3) is 4.43. The van der Waals surface area contributed by atoms with Gasteiger partial charge in [-0.15, -0.1) is 0 Å². The molecule has 0 saturated carbocycles. The molecule has 2 aliphatic rings. The lowest BCUT2D eigenvalue weighted by atomic mass is 9.95. The molecule has 3 unspecified atom stereocenters. The number of hydrogen-bond acceptors (Lipinski definition) is 9. The number of halogens is 1. The van der Waals surface area contributed by atoms with Gasteiger partial charge in [0.2, 0.25) is 11.9 Å². The average Bonchev–Trinajstić information content (AvgIpc) is 3.14. The smallest absolute Gasteiger partial charge is 0.225 e. The molecule has 2 aromatic heterocycles. The second-order valence-corrected chi connectivity index (χ2v) is 7.72. The van der Waals surface area contributed by atoms with Crippen LogP contribution in [-0.4, -0.2) is 70.0 Å². The highest BCUT2D eigenvalue weighted by Crippen LogP contribution is 2.23. The van der Waals surface area contributed by atoms with Crippen LogP contribution < -0.4 is 20.3 Å². The Morgan fingerprint density at radius 1 is 1.00 bits per heavy atom. The number of rotatable bonds is 5. The topological polar surface area (TPSA) is 114 Å². The van der Waals surface area contributed by atoms with Crippen molar-refractivity contribution >= 4 is 23.5 Å². The van der Waals surface area contributed by atoms with Crippen molar-refractivity contribution in [1.82, 2.24) is 19.9 Å². The molecule has 3 atom stereocenters. The second-order valence-electron chi connectivity index (χ2n) is 7.29. The highest BCUT2D eigenvalue weighted by Gasteiger charge is 2.29. The summed E-state index contributed by atoms with van der Waals surface area (Å²) in [7, 11) is 0. The highest BCUT2D eigenvalue weighted by atomic mass is 35.5. The Balaban J connectivity index is 1.28. The summed E-state index contributed by atoms with van der Waals surface area (Å²) in [6.45, 7) is 3.28. The van der Waals surface area contributed by atoms with Crippen molar-refractivity contribution in [2.75, 3.05) is 42.6 Å². The van der Waals surface area contributed by atoms with Crippen LogP contribution in [0.5, 0.6) is 5.75 Å². The SMILES string of the molecule is NC1CCN(c2ncc(OCC3CCN(c4ncc(Cl)cn4)CC3O)cn2)C1. The van der Waals surface area contributed by atoms with E-state index in [2.05, 4.69) is 24.8 Å². The lowest BCUT2D eigenvalue weighted by molar-refractivity contribution is 0.0611. The van der Waals surface area contributed by atoms with E-state index in [1.165, 1.54) is 0 Å². The van der Waals surface area contributed by atoms with Gasteiger partial charge in [0, 0.05) is 38.1 Å². The van der Waals surface area contributed by atoms with Crippen molar-refractivity contribution < 1.29 is 9.84 Å². The van der Waals surface area contributed by atoms with E-state index in [-0.39, 0.29) is 12.0 Å². The fourth-order valence-corrected chi connectivity index (χ4v) is 3.64. The van der Waals surface area contributed by atoms with Gasteiger partial charge >= 0.3 is 0 Å². The first-order valence-corrected chi connectivity index (χ1v) is 9.82. The molecule has 0 radical (unpaired) electrons. The van der Waals surface area contributed by atoms with Gasteiger partial charge in [0.25, 0.3) is 0 Å². The van der Waals surface area contributed by atoms with Crippen molar-refractivity contribution in [2.45, 2.75) is 25.0 Å². The zero-order valence-electron chi connectivity index (χ0n) is 15.5. The fraction of sp³-hybridized carbons (Fsp3) is 0.556. The molecule has 2 saturated heterocycles. The van der Waals surface area contributed by atoms with Gasteiger partial charge in [0.1, 0.15) is 0 Å². The van der Waals surface area contributed by atoms with Crippen molar-refractivity contribution in [2.24, 2.45) is 11.7 Å². The third-order valence-corrected chi connectivity index (χ3v) is 5.39. The van der Waals surface area contributed by atoms with Gasteiger partial charge in [0.05, 0.1) is 42.5 Å². The van der Waals surface area contributed by atoms with Gasteiger partial charge in [-0.1, -0.05) is 11.6 Å². The predicted octanol–water partition coefficient (Wildman–Crippen LogP) is 0.724. The van der Waals surface area contributed by atoms with Crippen molar-refractivity contribution in [3.05, 3.63) is 29.8 Å². The number of aliphatic hydroxyl groups is 1. The Kier molecular flexibility index (Phi) is 5.74. The van der Waals surface area contributed by atoms with Crippen LogP contribution in [0, 0.1) is 5.92 Å². The van der Waals surface area contributed by atoms with Crippen LogP contribution in [0.1, 0.15) is 12.8 Å². The molecular weight excluding hydrogens is 382 g/mol. The van der Waals surface area contributed by atoms with Crippen molar-refractivity contribution in [3.63, 3.8) is 0 Å². The lowest BCUT2D eigenvalue weighted by Gasteiger charge is -2.35. The van der Waals surface area contributed by atoms with E-state index in [9.17, 15) is 5.11 Å². The van der Waals surface area contributed by atoms with Crippen LogP contribution in [0.4, 0.5) is 11.9 Å². The molecule has 0 bridgehead atoms. The maximum atomic E-state index is 10.5. The third-order valence-electron chi connectivity index (χ3n) is 5.20. The molecular formula is C18H24ClN7O2. The van der Waals surface area contributed by atoms with Crippen LogP contribution in [0.2, 0.25) is 5.02 Å². The Hall–Kier alpha value is -2.23. The predicted molar refractivity (Wildman–Crippen MR) is 106 cm³/mol. The number of ether oxygens (including phenoxy) is 1. The van der Waals surface area contributed by atoms with Crippen molar-refractivity contribution in [1.29, 1.82) is 0 Å². The molecule has 2 aliphatic heterocycles. The van der Waals surface area contributed by atoms with Crippen LogP contribution >= 0.6 is 11.6 Å². The molecule has 4 heterocycles. The summed E-state index contributed by atoms with van der Waals surface area (Å²) < 4.78 is 5.82. The van der Waals surface area contributed by atoms with Gasteiger partial charge in [-0.3, -0.25) is 0 Å². The summed E-state index contributed by atoms with van der Waals surface area (Å²) in [5.41, 5.74) is 5.93. The number of nitrogens with two attached hydrogens (primary N) is 1. The summed E-state index contributed by atoms with van der Waals surface area (Å²) in [6, 6.07) is 0.185. The van der Waals surface area contributed by atoms with Gasteiger partial charge in [-0.2, -0.15) is 0 Å². The van der Waals surface area contributed by atoms with Gasteiger partial charge in [-0.05, 0) is 12.8 Å². The molecule has 0 aliphatic carbocycles. The first-order valence-electron chi connectivity index (χ1n) is 9.44. The molecule has 9 nitrogen and oxygen atoms in total. The number of piperidine rings is 1. The van der Waals surface area contributed by atoms with E-state index < -0.39 is 6.10 Å². The fourth-order valence-electron chi connectivity index (χ4n) is 3.54. The molecule has 3 N–H and O–H groups in total. The summed E-state index contributed by atoms with van der Waals surface area (Å²) in [6.07, 6.45) is 7.68. The zero-order chi connectivity index (χ0) is 19.5. The monoisotopic (exact) mass is 405 g/mol. The largest absolute Gasteiger partial charge is 0.490 e. The number of hydrogen-bond donors (Lipinski definition) is 2. The van der Waals surface area contributed by atoms with Crippen molar-refractivity contribution in [3.8, 4) is 5.75 Å². The number of β-amino-alcohol motifs (C(OH)–C–C–N with tert-alkyl or cyclic N) is 1. The van der Waals surface area contributed by atoms with E-state index in [1.54, 1.807) is 24.8 Å². The molecule has 0 amide bonds. The first-order chi connectivity index (χ1) is 13.6. The zero-order valence-corrected chi connectivity index (χ0v) is 16.2. The number of anilines is 2. The van der Waals surface area contributed by atoms with Gasteiger partial charge < -0.3 is 25.4 Å². The highest BCUT2D eigenvalue weighted by molar-refractivity contribution is 6.30. The van der Waals surface area contributed by atoms with Crippen LogP contribution in [0.15, 0.2) is 24.8 Å². The Morgan fingerprint density at radius 3 is 2.21 bits per heavy atom. The number of aromatic nitrogens is 4. The molecule has 2 aromatic rings. The Bertz CT molecular complexity index is 777. The molecule has 150 valence electrons. The molecule has 0 aromatic carbocycles. The number of nitrogens with zero attached hydrogens (tertiary/aromatic N) is 6. The van der Waals surface area contributed by atoms with Gasteiger partial charge in [0.15, 0.2) is 5.75 Å². The van der Waals surface area contributed by atoms with E-state index in [0.29, 0.717) is 35.8 Å². The summed E-state index contributed by atoms with van der Waals surface area (Å²) in [5.74, 6) is 1.88. The average molecular weight is 406 g/mol. The van der Waals surface area contributed by atoms with E-state index >= 15 is 0 Å². The minimum absolute atomic E-state index is 0.0276. The van der Waals surface area contributed by atoms with Crippen LogP contribution in [0.25, 0.3) is 0 Å². The van der Waals surface area contributed by atoms with E-state index in [4.69, 9.17) is 22.1 Å². The Labute approximate surface area is 168 Å². The molecule has 0 spiro atoms. The quantitative estimate of drug-likeness (QED) is 0.742. The minimum Gasteiger partial charge on any atom is -0.490 e. The molecule has 10 heteroatoms. The summed E-state index contributed by atoms with van der Waals surface area (Å²) >= 11 is 5.83. The van der Waals surface area contributed by atoms with Crippen LogP contribution in [0.3, 0.4) is 0 Å². The summed E-state index contributed by atoms with van der Waals surface area (Å²) in [4.78, 5) is 21.2. The first kappa shape index (κ1) is 19.1. The molecule has 2 fully saturated rings. The lowest BCUT2D eigenvalue weighted by Crippen LogP contribution is -2.46. The Morgan fingerprint density at radius 2 is 1.61 bits per heavy atom. The number of aliphatic hydroxyl groups excluding tert-OH is 1. The van der Waals surface area contributed by atoms with E-state index in [1.807, 2.05) is 4.90 Å². The summed E-state index contributed by atoms with van der Waals surface area (Å²) in [5, 5.41) is 11.0. The second kappa shape index (κ2) is 8.42.